The fourth-order valence-electron chi connectivity index (χ4n) is 4.49. The molecule has 51 heavy (non-hydrogen) atoms. The number of benzene rings is 2. The molecular formula is C36H62B3Br2NaO9. The normalized spacial score (nSPS) is 20.7. The molecule has 3 aliphatic rings. The van der Waals surface area contributed by atoms with Crippen LogP contribution in [-0.2, 0) is 44.6 Å². The van der Waals surface area contributed by atoms with Crippen molar-refractivity contribution in [3.05, 3.63) is 64.1 Å². The first-order chi connectivity index (χ1) is 22.6. The second-order valence-corrected chi connectivity index (χ2v) is 16.2. The largest absolute Gasteiger partial charge is 1.00 e. The van der Waals surface area contributed by atoms with Gasteiger partial charge in [0.05, 0.1) is 40.2 Å². The van der Waals surface area contributed by atoms with E-state index in [1.807, 2.05) is 91.8 Å². The number of rotatable bonds is 5. The Kier molecular flexibility index (Phi) is 23.1. The zero-order valence-electron chi connectivity index (χ0n) is 33.2. The minimum atomic E-state index is -0.476. The number of ether oxygens (including phenoxy) is 1. The van der Waals surface area contributed by atoms with E-state index in [4.69, 9.17) is 42.9 Å². The molecule has 284 valence electrons. The quantitative estimate of drug-likeness (QED) is 0.354. The average molecular weight is 854 g/mol. The molecule has 0 bridgehead atoms. The summed E-state index contributed by atoms with van der Waals surface area (Å²) < 4.78 is 42.1. The molecule has 3 heterocycles. The van der Waals surface area contributed by atoms with E-state index in [0.717, 1.165) is 35.0 Å². The summed E-state index contributed by atoms with van der Waals surface area (Å²) in [5, 5.41) is 16.2. The summed E-state index contributed by atoms with van der Waals surface area (Å²) in [7, 11) is 2.21. The van der Waals surface area contributed by atoms with Gasteiger partial charge in [0.15, 0.2) is 0 Å². The van der Waals surface area contributed by atoms with Crippen LogP contribution in [-0.4, -0.2) is 81.2 Å². The number of hydrogen-bond acceptors (Lipinski definition) is 9. The van der Waals surface area contributed by atoms with Crippen LogP contribution in [0.2, 0.25) is 0 Å². The summed E-state index contributed by atoms with van der Waals surface area (Å²) >= 11 is 6.73. The van der Waals surface area contributed by atoms with Crippen molar-refractivity contribution in [1.82, 2.24) is 0 Å². The molecule has 0 aliphatic carbocycles. The molecule has 0 radical (unpaired) electrons. The van der Waals surface area contributed by atoms with Crippen LogP contribution >= 0.6 is 31.9 Å². The first kappa shape index (κ1) is 53.3. The van der Waals surface area contributed by atoms with Crippen molar-refractivity contribution in [2.24, 2.45) is 0 Å². The second-order valence-electron chi connectivity index (χ2n) is 14.8. The summed E-state index contributed by atoms with van der Waals surface area (Å²) in [5.41, 5.74) is 1.49. The minimum Gasteiger partial charge on any atom is -0.857 e. The Morgan fingerprint density at radius 2 is 0.882 bits per heavy atom. The zero-order chi connectivity index (χ0) is 38.1. The van der Waals surface area contributed by atoms with E-state index in [2.05, 4.69) is 71.7 Å². The van der Waals surface area contributed by atoms with Gasteiger partial charge < -0.3 is 42.9 Å². The van der Waals surface area contributed by atoms with Gasteiger partial charge in [-0.05, 0) is 112 Å². The molecular weight excluding hydrogens is 792 g/mol. The molecule has 15 heteroatoms. The molecule has 3 fully saturated rings. The van der Waals surface area contributed by atoms with E-state index in [1.54, 1.807) is 7.11 Å². The van der Waals surface area contributed by atoms with Gasteiger partial charge in [-0.15, -0.1) is 0 Å². The molecule has 0 amide bonds. The van der Waals surface area contributed by atoms with Crippen LogP contribution in [0, 0.1) is 0 Å². The first-order valence-corrected chi connectivity index (χ1v) is 18.3. The van der Waals surface area contributed by atoms with Gasteiger partial charge in [0, 0.05) is 24.0 Å². The Labute approximate surface area is 349 Å². The molecule has 0 aromatic heterocycles. The average Bonchev–Trinajstić information content (AvgIpc) is 3.50. The third kappa shape index (κ3) is 14.4. The van der Waals surface area contributed by atoms with Crippen LogP contribution in [0.25, 0.3) is 0 Å². The third-order valence-electron chi connectivity index (χ3n) is 9.65. The van der Waals surface area contributed by atoms with E-state index in [0.29, 0.717) is 6.61 Å². The van der Waals surface area contributed by atoms with Crippen molar-refractivity contribution in [1.29, 1.82) is 0 Å². The molecule has 0 spiro atoms. The molecule has 5 rings (SSSR count). The molecule has 0 atom stereocenters. The van der Waals surface area contributed by atoms with Gasteiger partial charge >= 0.3 is 50.7 Å². The standard InChI is InChI=1S/C14H21BO3.C12H24B2O4.C7H6Br2.CH4O.CH3O.CH4.Na/c1-13(2)14(3,4)18-15(17-13)12-8-6-11(7-9-12)10-16-5;1-9(2)10(3,4)16-13(15-9)14-17-11(5,6)12(7,8)18-14;8-5-6-1-3-7(9)4-2-6;2*1-2;;/h6-9H,10H2,1-5H3;1-8H3;1-4H,5H2;2H,1H3;1H3;1H4;/q;;;;-1;;+1. The number of halogens is 2. The van der Waals surface area contributed by atoms with E-state index in [9.17, 15) is 0 Å². The van der Waals surface area contributed by atoms with Gasteiger partial charge in [-0.1, -0.05) is 75.7 Å². The second kappa shape index (κ2) is 22.1. The maximum absolute atomic E-state index is 8.25. The van der Waals surface area contributed by atoms with Gasteiger partial charge in [-0.3, -0.25) is 0 Å². The van der Waals surface area contributed by atoms with Crippen molar-refractivity contribution in [3.63, 3.8) is 0 Å². The Morgan fingerprint density at radius 1 is 0.588 bits per heavy atom. The topological polar surface area (TPSA) is 108 Å². The molecule has 0 unspecified atom stereocenters. The van der Waals surface area contributed by atoms with Gasteiger partial charge in [0.2, 0.25) is 0 Å². The Bertz CT molecular complexity index is 1180. The summed E-state index contributed by atoms with van der Waals surface area (Å²) in [6.45, 7) is 25.1. The summed E-state index contributed by atoms with van der Waals surface area (Å²) in [4.78, 5) is 0. The number of aliphatic hydroxyl groups is 1. The summed E-state index contributed by atoms with van der Waals surface area (Å²) in [5.74, 6) is 0. The molecule has 2 aromatic carbocycles. The Morgan fingerprint density at radius 3 is 1.18 bits per heavy atom. The maximum Gasteiger partial charge on any atom is 1.00 e. The van der Waals surface area contributed by atoms with Crippen LogP contribution in [0.15, 0.2) is 53.0 Å². The number of hydrogen-bond donors (Lipinski definition) is 1. The van der Waals surface area contributed by atoms with Crippen molar-refractivity contribution in [3.8, 4) is 0 Å². The number of methoxy groups -OCH3 is 1. The first-order valence-electron chi connectivity index (χ1n) is 16.4. The van der Waals surface area contributed by atoms with Crippen molar-refractivity contribution in [2.45, 2.75) is 136 Å². The number of aliphatic hydroxyl groups excluding tert-OH is 1. The van der Waals surface area contributed by atoms with Gasteiger partial charge in [0.1, 0.15) is 0 Å². The number of alkyl halides is 1. The van der Waals surface area contributed by atoms with Crippen molar-refractivity contribution < 1.29 is 72.4 Å². The van der Waals surface area contributed by atoms with Gasteiger partial charge in [-0.2, -0.15) is 7.11 Å². The van der Waals surface area contributed by atoms with Gasteiger partial charge in [0.25, 0.3) is 0 Å². The Hall–Kier alpha value is 0.235. The SMILES string of the molecule is BrCc1ccc(Br)cc1.C.CC1(C)OB(B2OC(C)(C)C(C)(C)O2)OC1(C)C.CO.COCc1ccc(B2OC(C)(C)C(C)(C)O2)cc1.C[O-].[Na+]. The summed E-state index contributed by atoms with van der Waals surface area (Å²) in [6, 6.07) is 16.4. The van der Waals surface area contributed by atoms with Crippen molar-refractivity contribution in [2.75, 3.05) is 21.3 Å². The monoisotopic (exact) mass is 852 g/mol. The molecule has 0 saturated carbocycles. The van der Waals surface area contributed by atoms with Crippen LogP contribution in [0.3, 0.4) is 0 Å². The van der Waals surface area contributed by atoms with Crippen LogP contribution < -0.4 is 40.1 Å². The fraction of sp³-hybridized carbons (Fsp3) is 0.667. The smallest absolute Gasteiger partial charge is 0.857 e. The fourth-order valence-corrected chi connectivity index (χ4v) is 5.13. The molecule has 2 aromatic rings. The van der Waals surface area contributed by atoms with Crippen LogP contribution in [0.1, 0.15) is 102 Å². The minimum absolute atomic E-state index is 0. The van der Waals surface area contributed by atoms with Gasteiger partial charge in [-0.25, -0.2) is 0 Å². The van der Waals surface area contributed by atoms with Crippen molar-refractivity contribution >= 4 is 58.5 Å². The summed E-state index contributed by atoms with van der Waals surface area (Å²) in [6.07, 6.45) is 0. The molecule has 3 saturated heterocycles. The Balaban J connectivity index is 0. The predicted molar refractivity (Wildman–Crippen MR) is 213 cm³/mol. The maximum atomic E-state index is 8.25. The van der Waals surface area contributed by atoms with Crippen LogP contribution in [0.5, 0.6) is 0 Å². The van der Waals surface area contributed by atoms with E-state index >= 15 is 0 Å². The van der Waals surface area contributed by atoms with Crippen LogP contribution in [0.4, 0.5) is 0 Å². The van der Waals surface area contributed by atoms with E-state index < -0.39 is 14.0 Å². The third-order valence-corrected chi connectivity index (χ3v) is 10.8. The molecule has 9 nitrogen and oxygen atoms in total. The van der Waals surface area contributed by atoms with E-state index in [-0.39, 0.29) is 77.7 Å². The predicted octanol–water partition coefficient (Wildman–Crippen LogP) is 3.95. The molecule has 1 N–H and O–H groups in total. The molecule has 3 aliphatic heterocycles. The van der Waals surface area contributed by atoms with E-state index in [1.165, 1.54) is 5.56 Å². The zero-order valence-corrected chi connectivity index (χ0v) is 38.4.